The molecule has 1 aliphatic heterocycles. The van der Waals surface area contributed by atoms with Gasteiger partial charge in [0.1, 0.15) is 11.9 Å². The number of amides is 2. The molecule has 1 aliphatic carbocycles. The van der Waals surface area contributed by atoms with Crippen molar-refractivity contribution >= 4 is 12.0 Å². The Morgan fingerprint density at radius 3 is 2.64 bits per heavy atom. The highest BCUT2D eigenvalue weighted by Gasteiger charge is 2.33. The molecule has 28 heavy (non-hydrogen) atoms. The van der Waals surface area contributed by atoms with Gasteiger partial charge in [-0.1, -0.05) is 25.5 Å². The van der Waals surface area contributed by atoms with E-state index in [-0.39, 0.29) is 29.8 Å². The Bertz CT molecular complexity index is 698. The fourth-order valence-corrected chi connectivity index (χ4v) is 4.18. The number of hydrogen-bond acceptors (Lipinski definition) is 4. The summed E-state index contributed by atoms with van der Waals surface area (Å²) in [7, 11) is 0. The van der Waals surface area contributed by atoms with Gasteiger partial charge in [0.25, 0.3) is 0 Å². The van der Waals surface area contributed by atoms with Gasteiger partial charge >= 0.3 is 6.09 Å². The monoisotopic (exact) mass is 388 g/mol. The van der Waals surface area contributed by atoms with E-state index >= 15 is 0 Å². The molecule has 3 rings (SSSR count). The van der Waals surface area contributed by atoms with Crippen LogP contribution < -0.4 is 5.32 Å². The molecule has 0 aromatic heterocycles. The summed E-state index contributed by atoms with van der Waals surface area (Å²) in [4.78, 5) is 26.6. The van der Waals surface area contributed by atoms with E-state index < -0.39 is 0 Å². The summed E-state index contributed by atoms with van der Waals surface area (Å²) in [6.07, 6.45) is 5.80. The predicted molar refractivity (Wildman–Crippen MR) is 107 cm³/mol. The van der Waals surface area contributed by atoms with Gasteiger partial charge in [0.05, 0.1) is 5.92 Å². The van der Waals surface area contributed by atoms with Crippen LogP contribution in [-0.2, 0) is 16.1 Å². The first-order valence-corrected chi connectivity index (χ1v) is 10.5. The standard InChI is InChI=1S/C22H32N2O4/c1-3-16-4-7-19(8-5-16)28-22(27)24-11-10-18(14-24)21(26)23-13-17-6-9-20(25)15(2)12-17/h6,9,12,16,18-19,25H,3-5,7-8,10-11,13-14H2,1-2H3,(H,23,26)/t16?,18-,19?/m0/s1. The first kappa shape index (κ1) is 20.5. The molecule has 1 saturated heterocycles. The third-order valence-electron chi connectivity index (χ3n) is 6.18. The summed E-state index contributed by atoms with van der Waals surface area (Å²) >= 11 is 0. The molecule has 1 saturated carbocycles. The minimum Gasteiger partial charge on any atom is -0.508 e. The summed E-state index contributed by atoms with van der Waals surface area (Å²) in [5.74, 6) is 0.793. The van der Waals surface area contributed by atoms with Crippen LogP contribution in [0, 0.1) is 18.8 Å². The maximum absolute atomic E-state index is 12.5. The summed E-state index contributed by atoms with van der Waals surface area (Å²) in [5, 5.41) is 12.5. The third-order valence-corrected chi connectivity index (χ3v) is 6.18. The van der Waals surface area contributed by atoms with Crippen LogP contribution in [-0.4, -0.2) is 41.2 Å². The number of aryl methyl sites for hydroxylation is 1. The van der Waals surface area contributed by atoms with E-state index in [2.05, 4.69) is 12.2 Å². The van der Waals surface area contributed by atoms with Gasteiger partial charge < -0.3 is 20.1 Å². The second-order valence-corrected chi connectivity index (χ2v) is 8.20. The van der Waals surface area contributed by atoms with E-state index in [1.807, 2.05) is 13.0 Å². The summed E-state index contributed by atoms with van der Waals surface area (Å²) in [5.41, 5.74) is 1.73. The smallest absolute Gasteiger partial charge is 0.410 e. The van der Waals surface area contributed by atoms with Crippen molar-refractivity contribution in [3.05, 3.63) is 29.3 Å². The lowest BCUT2D eigenvalue weighted by Gasteiger charge is -2.29. The van der Waals surface area contributed by atoms with Gasteiger partial charge in [0.2, 0.25) is 5.91 Å². The van der Waals surface area contributed by atoms with Crippen LogP contribution in [0.2, 0.25) is 0 Å². The zero-order valence-electron chi connectivity index (χ0n) is 16.9. The van der Waals surface area contributed by atoms with Gasteiger partial charge in [-0.15, -0.1) is 0 Å². The quantitative estimate of drug-likeness (QED) is 0.805. The molecule has 0 spiro atoms. The lowest BCUT2D eigenvalue weighted by atomic mass is 9.86. The van der Waals surface area contributed by atoms with Gasteiger partial charge in [0, 0.05) is 19.6 Å². The number of hydrogen-bond donors (Lipinski definition) is 2. The molecule has 0 bridgehead atoms. The molecule has 0 radical (unpaired) electrons. The Kier molecular flexibility index (Phi) is 6.81. The van der Waals surface area contributed by atoms with Gasteiger partial charge in [0.15, 0.2) is 0 Å². The number of benzene rings is 1. The Labute approximate surface area is 167 Å². The van der Waals surface area contributed by atoms with Crippen molar-refractivity contribution in [2.75, 3.05) is 13.1 Å². The van der Waals surface area contributed by atoms with Crippen molar-refractivity contribution in [2.45, 2.75) is 65.0 Å². The predicted octanol–water partition coefficient (Wildman–Crippen LogP) is 3.74. The van der Waals surface area contributed by atoms with Crippen LogP contribution in [0.3, 0.4) is 0 Å². The molecule has 1 atom stereocenters. The molecule has 1 heterocycles. The summed E-state index contributed by atoms with van der Waals surface area (Å²) in [6.45, 7) is 5.45. The minimum absolute atomic E-state index is 0.0286. The molecule has 154 valence electrons. The van der Waals surface area contributed by atoms with Crippen molar-refractivity contribution in [3.8, 4) is 5.75 Å². The molecule has 2 amide bonds. The Morgan fingerprint density at radius 1 is 1.21 bits per heavy atom. The van der Waals surface area contributed by atoms with Crippen LogP contribution in [0.5, 0.6) is 5.75 Å². The largest absolute Gasteiger partial charge is 0.508 e. The number of phenols is 1. The number of carbonyl (C=O) groups excluding carboxylic acids is 2. The SMILES string of the molecule is CCC1CCC(OC(=O)N2CC[C@H](C(=O)NCc3ccc(O)c(C)c3)C2)CC1. The normalized spacial score (nSPS) is 24.8. The van der Waals surface area contributed by atoms with E-state index in [9.17, 15) is 14.7 Å². The number of ether oxygens (including phenoxy) is 1. The number of likely N-dealkylation sites (tertiary alicyclic amines) is 1. The molecule has 0 unspecified atom stereocenters. The minimum atomic E-state index is -0.274. The van der Waals surface area contributed by atoms with Crippen LogP contribution in [0.15, 0.2) is 18.2 Å². The van der Waals surface area contributed by atoms with Gasteiger partial charge in [-0.2, -0.15) is 0 Å². The molecule has 1 aromatic rings. The molecule has 1 aromatic carbocycles. The highest BCUT2D eigenvalue weighted by Crippen LogP contribution is 2.29. The fourth-order valence-electron chi connectivity index (χ4n) is 4.18. The molecule has 6 heteroatoms. The van der Waals surface area contributed by atoms with E-state index in [0.717, 1.165) is 42.7 Å². The maximum Gasteiger partial charge on any atom is 0.410 e. The van der Waals surface area contributed by atoms with Gasteiger partial charge in [-0.05, 0) is 62.1 Å². The molecular weight excluding hydrogens is 356 g/mol. The van der Waals surface area contributed by atoms with E-state index in [4.69, 9.17) is 4.74 Å². The zero-order chi connectivity index (χ0) is 20.1. The summed E-state index contributed by atoms with van der Waals surface area (Å²) < 4.78 is 5.68. The second-order valence-electron chi connectivity index (χ2n) is 8.20. The third kappa shape index (κ3) is 5.18. The number of aromatic hydroxyl groups is 1. The van der Waals surface area contributed by atoms with Crippen molar-refractivity contribution in [3.63, 3.8) is 0 Å². The van der Waals surface area contributed by atoms with E-state index in [1.54, 1.807) is 17.0 Å². The molecule has 2 fully saturated rings. The van der Waals surface area contributed by atoms with Crippen molar-refractivity contribution < 1.29 is 19.4 Å². The lowest BCUT2D eigenvalue weighted by Crippen LogP contribution is -2.36. The topological polar surface area (TPSA) is 78.9 Å². The Balaban J connectivity index is 1.42. The number of nitrogens with zero attached hydrogens (tertiary/aromatic N) is 1. The highest BCUT2D eigenvalue weighted by atomic mass is 16.6. The molecule has 2 aliphatic rings. The average molecular weight is 389 g/mol. The lowest BCUT2D eigenvalue weighted by molar-refractivity contribution is -0.124. The fraction of sp³-hybridized carbons (Fsp3) is 0.636. The molecule has 2 N–H and O–H groups in total. The van der Waals surface area contributed by atoms with Crippen LogP contribution >= 0.6 is 0 Å². The van der Waals surface area contributed by atoms with Crippen LogP contribution in [0.1, 0.15) is 56.6 Å². The van der Waals surface area contributed by atoms with Crippen LogP contribution in [0.4, 0.5) is 4.79 Å². The Hall–Kier alpha value is -2.24. The van der Waals surface area contributed by atoms with E-state index in [0.29, 0.717) is 26.1 Å². The zero-order valence-corrected chi connectivity index (χ0v) is 16.9. The maximum atomic E-state index is 12.5. The highest BCUT2D eigenvalue weighted by molar-refractivity contribution is 5.80. The van der Waals surface area contributed by atoms with Crippen molar-refractivity contribution in [1.82, 2.24) is 10.2 Å². The van der Waals surface area contributed by atoms with Crippen molar-refractivity contribution in [2.24, 2.45) is 11.8 Å². The summed E-state index contributed by atoms with van der Waals surface area (Å²) in [6, 6.07) is 5.30. The Morgan fingerprint density at radius 2 is 1.96 bits per heavy atom. The number of rotatable bonds is 5. The first-order chi connectivity index (χ1) is 13.5. The number of phenolic OH excluding ortho intramolecular Hbond substituents is 1. The van der Waals surface area contributed by atoms with Gasteiger partial charge in [-0.3, -0.25) is 4.79 Å². The van der Waals surface area contributed by atoms with Crippen molar-refractivity contribution in [1.29, 1.82) is 0 Å². The number of nitrogens with one attached hydrogen (secondary N) is 1. The van der Waals surface area contributed by atoms with Gasteiger partial charge in [-0.25, -0.2) is 4.79 Å². The average Bonchev–Trinajstić information content (AvgIpc) is 3.20. The second kappa shape index (κ2) is 9.30. The van der Waals surface area contributed by atoms with E-state index in [1.165, 1.54) is 6.42 Å². The van der Waals surface area contributed by atoms with Crippen LogP contribution in [0.25, 0.3) is 0 Å². The molecular formula is C22H32N2O4. The molecule has 6 nitrogen and oxygen atoms in total. The first-order valence-electron chi connectivity index (χ1n) is 10.5. The number of carbonyl (C=O) groups is 2.